The average molecular weight is 341 g/mol. The zero-order valence-electron chi connectivity index (χ0n) is 11.3. The Morgan fingerprint density at radius 1 is 1.19 bits per heavy atom. The smallest absolute Gasteiger partial charge is 0.237 e. The van der Waals surface area contributed by atoms with Crippen LogP contribution in [0.5, 0.6) is 0 Å². The molecular formula is C15H14Cl2N2OS. The largest absolute Gasteiger partial charge is 0.399 e. The summed E-state index contributed by atoms with van der Waals surface area (Å²) in [5, 5.41) is 3.53. The number of hydrogen-bond acceptors (Lipinski definition) is 3. The van der Waals surface area contributed by atoms with Gasteiger partial charge in [0.1, 0.15) is 0 Å². The molecule has 21 heavy (non-hydrogen) atoms. The van der Waals surface area contributed by atoms with Gasteiger partial charge in [-0.3, -0.25) is 4.79 Å². The Morgan fingerprint density at radius 2 is 1.95 bits per heavy atom. The van der Waals surface area contributed by atoms with E-state index in [1.807, 2.05) is 13.0 Å². The lowest BCUT2D eigenvalue weighted by atomic mass is 10.3. The van der Waals surface area contributed by atoms with E-state index in [-0.39, 0.29) is 11.2 Å². The van der Waals surface area contributed by atoms with E-state index in [0.29, 0.717) is 21.4 Å². The standard InChI is InChI=1S/C15H14Cl2N2OS/c1-9(21-12-5-6-13(16)14(17)8-12)15(20)19-11-4-2-3-10(18)7-11/h2-9H,18H2,1H3,(H,19,20). The number of nitrogen functional groups attached to an aromatic ring is 1. The first-order valence-corrected chi connectivity index (χ1v) is 7.87. The predicted octanol–water partition coefficient (Wildman–Crippen LogP) is 4.69. The fourth-order valence-corrected chi connectivity index (χ4v) is 2.94. The molecule has 0 fully saturated rings. The molecule has 0 aliphatic rings. The number of halogens is 2. The molecule has 0 aliphatic carbocycles. The lowest BCUT2D eigenvalue weighted by Crippen LogP contribution is -2.22. The zero-order chi connectivity index (χ0) is 15.4. The summed E-state index contributed by atoms with van der Waals surface area (Å²) in [5.41, 5.74) is 6.97. The van der Waals surface area contributed by atoms with Crippen molar-refractivity contribution >= 4 is 52.2 Å². The summed E-state index contributed by atoms with van der Waals surface area (Å²) in [6, 6.07) is 12.4. The van der Waals surface area contributed by atoms with Crippen LogP contribution >= 0.6 is 35.0 Å². The third-order valence-corrected chi connectivity index (χ3v) is 4.56. The SMILES string of the molecule is CC(Sc1ccc(Cl)c(Cl)c1)C(=O)Nc1cccc(N)c1. The van der Waals surface area contributed by atoms with Gasteiger partial charge >= 0.3 is 0 Å². The molecule has 2 aromatic rings. The van der Waals surface area contributed by atoms with Gasteiger partial charge in [0, 0.05) is 16.3 Å². The topological polar surface area (TPSA) is 55.1 Å². The fraction of sp³-hybridized carbons (Fsp3) is 0.133. The van der Waals surface area contributed by atoms with E-state index < -0.39 is 0 Å². The second-order valence-corrected chi connectivity index (χ2v) is 6.68. The average Bonchev–Trinajstić information content (AvgIpc) is 2.43. The molecule has 2 rings (SSSR count). The number of rotatable bonds is 4. The highest BCUT2D eigenvalue weighted by Crippen LogP contribution is 2.30. The lowest BCUT2D eigenvalue weighted by Gasteiger charge is -2.12. The molecule has 1 amide bonds. The highest BCUT2D eigenvalue weighted by Gasteiger charge is 2.15. The number of hydrogen-bond donors (Lipinski definition) is 2. The van der Waals surface area contributed by atoms with Crippen molar-refractivity contribution in [3.05, 3.63) is 52.5 Å². The van der Waals surface area contributed by atoms with E-state index in [0.717, 1.165) is 4.90 Å². The molecule has 0 saturated heterocycles. The van der Waals surface area contributed by atoms with Crippen molar-refractivity contribution in [2.45, 2.75) is 17.1 Å². The molecular weight excluding hydrogens is 327 g/mol. The number of benzene rings is 2. The molecule has 1 atom stereocenters. The first-order chi connectivity index (χ1) is 9.95. The molecule has 110 valence electrons. The molecule has 0 heterocycles. The Balaban J connectivity index is 2.00. The van der Waals surface area contributed by atoms with E-state index >= 15 is 0 Å². The van der Waals surface area contributed by atoms with Crippen LogP contribution in [0.4, 0.5) is 11.4 Å². The third kappa shape index (κ3) is 4.56. The van der Waals surface area contributed by atoms with Crippen molar-refractivity contribution < 1.29 is 4.79 Å². The quantitative estimate of drug-likeness (QED) is 0.626. The summed E-state index contributed by atoms with van der Waals surface area (Å²) in [7, 11) is 0. The first-order valence-electron chi connectivity index (χ1n) is 6.24. The molecule has 0 bridgehead atoms. The van der Waals surface area contributed by atoms with Crippen LogP contribution in [-0.4, -0.2) is 11.2 Å². The van der Waals surface area contributed by atoms with Gasteiger partial charge in [-0.15, -0.1) is 11.8 Å². The Labute approximate surface area is 137 Å². The molecule has 0 spiro atoms. The Morgan fingerprint density at radius 3 is 2.62 bits per heavy atom. The Hall–Kier alpha value is -1.36. The van der Waals surface area contributed by atoms with Crippen molar-refractivity contribution in [3.63, 3.8) is 0 Å². The maximum absolute atomic E-state index is 12.1. The van der Waals surface area contributed by atoms with Crippen LogP contribution in [0, 0.1) is 0 Å². The second kappa shape index (κ2) is 7.07. The summed E-state index contributed by atoms with van der Waals surface area (Å²) in [5.74, 6) is -0.100. The number of anilines is 2. The number of thioether (sulfide) groups is 1. The summed E-state index contributed by atoms with van der Waals surface area (Å²) < 4.78 is 0. The maximum atomic E-state index is 12.1. The summed E-state index contributed by atoms with van der Waals surface area (Å²) >= 11 is 13.2. The zero-order valence-corrected chi connectivity index (χ0v) is 13.6. The van der Waals surface area contributed by atoms with Crippen LogP contribution in [0.3, 0.4) is 0 Å². The van der Waals surface area contributed by atoms with Crippen molar-refractivity contribution in [1.82, 2.24) is 0 Å². The van der Waals surface area contributed by atoms with Gasteiger partial charge in [-0.05, 0) is 43.3 Å². The first kappa shape index (κ1) is 16.0. The normalized spacial score (nSPS) is 12.0. The van der Waals surface area contributed by atoms with Crippen LogP contribution in [0.25, 0.3) is 0 Å². The van der Waals surface area contributed by atoms with Crippen LogP contribution in [-0.2, 0) is 4.79 Å². The summed E-state index contributed by atoms with van der Waals surface area (Å²) in [6.45, 7) is 1.83. The van der Waals surface area contributed by atoms with Crippen LogP contribution < -0.4 is 11.1 Å². The van der Waals surface area contributed by atoms with Crippen LogP contribution in [0.2, 0.25) is 10.0 Å². The van der Waals surface area contributed by atoms with Gasteiger partial charge in [-0.1, -0.05) is 29.3 Å². The monoisotopic (exact) mass is 340 g/mol. The number of amides is 1. The van der Waals surface area contributed by atoms with Gasteiger partial charge in [-0.25, -0.2) is 0 Å². The van der Waals surface area contributed by atoms with Gasteiger partial charge in [0.25, 0.3) is 0 Å². The van der Waals surface area contributed by atoms with Crippen LogP contribution in [0.15, 0.2) is 47.4 Å². The number of carbonyl (C=O) groups is 1. The lowest BCUT2D eigenvalue weighted by molar-refractivity contribution is -0.115. The molecule has 1 unspecified atom stereocenters. The Kier molecular flexibility index (Phi) is 5.39. The van der Waals surface area contributed by atoms with Crippen molar-refractivity contribution in [2.75, 3.05) is 11.1 Å². The number of nitrogens with two attached hydrogens (primary N) is 1. The summed E-state index contributed by atoms with van der Waals surface area (Å²) in [4.78, 5) is 13.0. The van der Waals surface area contributed by atoms with E-state index in [9.17, 15) is 4.79 Å². The summed E-state index contributed by atoms with van der Waals surface area (Å²) in [6.07, 6.45) is 0. The second-order valence-electron chi connectivity index (χ2n) is 4.45. The van der Waals surface area contributed by atoms with Gasteiger partial charge in [0.15, 0.2) is 0 Å². The Bertz CT molecular complexity index is 664. The number of nitrogens with one attached hydrogen (secondary N) is 1. The van der Waals surface area contributed by atoms with Crippen molar-refractivity contribution in [1.29, 1.82) is 0 Å². The van der Waals surface area contributed by atoms with E-state index in [1.54, 1.807) is 36.4 Å². The molecule has 0 aromatic heterocycles. The van der Waals surface area contributed by atoms with Gasteiger partial charge in [-0.2, -0.15) is 0 Å². The van der Waals surface area contributed by atoms with Gasteiger partial charge < -0.3 is 11.1 Å². The van der Waals surface area contributed by atoms with Gasteiger partial charge in [0.05, 0.1) is 15.3 Å². The van der Waals surface area contributed by atoms with Gasteiger partial charge in [0.2, 0.25) is 5.91 Å². The third-order valence-electron chi connectivity index (χ3n) is 2.73. The van der Waals surface area contributed by atoms with E-state index in [2.05, 4.69) is 5.32 Å². The molecule has 2 aromatic carbocycles. The maximum Gasteiger partial charge on any atom is 0.237 e. The van der Waals surface area contributed by atoms with Crippen LogP contribution in [0.1, 0.15) is 6.92 Å². The number of carbonyl (C=O) groups excluding carboxylic acids is 1. The predicted molar refractivity (Wildman–Crippen MR) is 91.3 cm³/mol. The molecule has 6 heteroatoms. The molecule has 0 radical (unpaired) electrons. The minimum Gasteiger partial charge on any atom is -0.399 e. The molecule has 0 saturated carbocycles. The molecule has 0 aliphatic heterocycles. The van der Waals surface area contributed by atoms with Crippen molar-refractivity contribution in [3.8, 4) is 0 Å². The fourth-order valence-electron chi connectivity index (χ4n) is 1.67. The van der Waals surface area contributed by atoms with E-state index in [1.165, 1.54) is 11.8 Å². The van der Waals surface area contributed by atoms with E-state index in [4.69, 9.17) is 28.9 Å². The highest BCUT2D eigenvalue weighted by molar-refractivity contribution is 8.00. The molecule has 3 nitrogen and oxygen atoms in total. The minimum atomic E-state index is -0.274. The van der Waals surface area contributed by atoms with Crippen molar-refractivity contribution in [2.24, 2.45) is 0 Å². The highest BCUT2D eigenvalue weighted by atomic mass is 35.5. The minimum absolute atomic E-state index is 0.100. The molecule has 3 N–H and O–H groups in total.